The van der Waals surface area contributed by atoms with Crippen molar-refractivity contribution in [1.82, 2.24) is 10.2 Å². The average molecular weight is 335 g/mol. The summed E-state index contributed by atoms with van der Waals surface area (Å²) in [6.45, 7) is 6.21. The summed E-state index contributed by atoms with van der Waals surface area (Å²) < 4.78 is 10.6. The molecular formula is C18H29N3O3. The highest BCUT2D eigenvalue weighted by atomic mass is 16.5. The van der Waals surface area contributed by atoms with E-state index in [1.54, 1.807) is 7.11 Å². The molecule has 0 aliphatic carbocycles. The summed E-state index contributed by atoms with van der Waals surface area (Å²) in [7, 11) is 1.58. The Morgan fingerprint density at radius 2 is 2.17 bits per heavy atom. The number of nitrogens with one attached hydrogen (secondary N) is 1. The molecule has 0 bridgehead atoms. The minimum absolute atomic E-state index is 0.0294. The van der Waals surface area contributed by atoms with Gasteiger partial charge in [-0.1, -0.05) is 29.8 Å². The Balaban J connectivity index is 2.01. The predicted molar refractivity (Wildman–Crippen MR) is 93.8 cm³/mol. The number of amides is 1. The standard InChI is InChI=1S/C18H29N3O3/c1-14-4-3-5-15(10-14)17(21-6-8-24-9-7-21)13-20-18(22)11-16(12-19)23-2/h3-5,10,16-17H,6-9,11-13,19H2,1-2H3,(H,20,22). The Hall–Kier alpha value is -1.47. The van der Waals surface area contributed by atoms with Crippen LogP contribution in [-0.4, -0.2) is 63.4 Å². The molecule has 1 aromatic carbocycles. The van der Waals surface area contributed by atoms with Crippen LogP contribution in [0.3, 0.4) is 0 Å². The zero-order valence-corrected chi connectivity index (χ0v) is 14.7. The molecule has 1 saturated heterocycles. The van der Waals surface area contributed by atoms with Gasteiger partial charge in [0.25, 0.3) is 0 Å². The number of nitrogens with two attached hydrogens (primary N) is 1. The minimum atomic E-state index is -0.231. The highest BCUT2D eigenvalue weighted by molar-refractivity contribution is 5.76. The van der Waals surface area contributed by atoms with Crippen LogP contribution in [0.5, 0.6) is 0 Å². The molecule has 3 N–H and O–H groups in total. The molecular weight excluding hydrogens is 306 g/mol. The molecule has 1 aliphatic heterocycles. The molecule has 1 fully saturated rings. The molecule has 2 rings (SSSR count). The maximum Gasteiger partial charge on any atom is 0.222 e. The van der Waals surface area contributed by atoms with Crippen molar-refractivity contribution in [3.63, 3.8) is 0 Å². The fraction of sp³-hybridized carbons (Fsp3) is 0.611. The number of aryl methyl sites for hydroxylation is 1. The first-order valence-corrected chi connectivity index (χ1v) is 8.52. The van der Waals surface area contributed by atoms with Gasteiger partial charge in [0.2, 0.25) is 5.91 Å². The Labute approximate surface area is 144 Å². The van der Waals surface area contributed by atoms with E-state index in [0.29, 0.717) is 13.1 Å². The smallest absolute Gasteiger partial charge is 0.222 e. The summed E-state index contributed by atoms with van der Waals surface area (Å²) in [4.78, 5) is 14.5. The van der Waals surface area contributed by atoms with Gasteiger partial charge in [-0.05, 0) is 12.5 Å². The van der Waals surface area contributed by atoms with Crippen LogP contribution in [-0.2, 0) is 14.3 Å². The molecule has 6 nitrogen and oxygen atoms in total. The topological polar surface area (TPSA) is 76.8 Å². The van der Waals surface area contributed by atoms with Crippen molar-refractivity contribution in [1.29, 1.82) is 0 Å². The molecule has 2 atom stereocenters. The molecule has 134 valence electrons. The van der Waals surface area contributed by atoms with E-state index in [0.717, 1.165) is 26.3 Å². The van der Waals surface area contributed by atoms with E-state index in [1.807, 2.05) is 0 Å². The first-order chi connectivity index (χ1) is 11.6. The zero-order chi connectivity index (χ0) is 17.4. The van der Waals surface area contributed by atoms with E-state index in [2.05, 4.69) is 41.4 Å². The van der Waals surface area contributed by atoms with Crippen molar-refractivity contribution in [2.45, 2.75) is 25.5 Å². The summed E-state index contributed by atoms with van der Waals surface area (Å²) in [5, 5.41) is 3.04. The fourth-order valence-electron chi connectivity index (χ4n) is 2.98. The van der Waals surface area contributed by atoms with Crippen LogP contribution in [0.25, 0.3) is 0 Å². The highest BCUT2D eigenvalue weighted by Gasteiger charge is 2.23. The van der Waals surface area contributed by atoms with Gasteiger partial charge in [-0.15, -0.1) is 0 Å². The van der Waals surface area contributed by atoms with Crippen molar-refractivity contribution < 1.29 is 14.3 Å². The molecule has 1 aromatic rings. The number of rotatable bonds is 8. The lowest BCUT2D eigenvalue weighted by atomic mass is 10.0. The lowest BCUT2D eigenvalue weighted by molar-refractivity contribution is -0.123. The predicted octanol–water partition coefficient (Wildman–Crippen LogP) is 0.848. The van der Waals surface area contributed by atoms with Gasteiger partial charge in [-0.3, -0.25) is 9.69 Å². The highest BCUT2D eigenvalue weighted by Crippen LogP contribution is 2.22. The normalized spacial score (nSPS) is 18.1. The van der Waals surface area contributed by atoms with Crippen LogP contribution in [0.1, 0.15) is 23.6 Å². The second kappa shape index (κ2) is 9.74. The van der Waals surface area contributed by atoms with E-state index < -0.39 is 0 Å². The van der Waals surface area contributed by atoms with Crippen molar-refractivity contribution >= 4 is 5.91 Å². The molecule has 1 aliphatic rings. The molecule has 0 aromatic heterocycles. The first-order valence-electron chi connectivity index (χ1n) is 8.52. The average Bonchev–Trinajstić information content (AvgIpc) is 2.61. The Bertz CT molecular complexity index is 514. The van der Waals surface area contributed by atoms with Gasteiger partial charge < -0.3 is 20.5 Å². The summed E-state index contributed by atoms with van der Waals surface area (Å²) in [6.07, 6.45) is 0.0576. The minimum Gasteiger partial charge on any atom is -0.380 e. The maximum atomic E-state index is 12.2. The lowest BCUT2D eigenvalue weighted by Gasteiger charge is -2.35. The number of morpholine rings is 1. The second-order valence-electron chi connectivity index (χ2n) is 6.18. The summed E-state index contributed by atoms with van der Waals surface area (Å²) >= 11 is 0. The number of hydrogen-bond acceptors (Lipinski definition) is 5. The van der Waals surface area contributed by atoms with Gasteiger partial charge >= 0.3 is 0 Å². The van der Waals surface area contributed by atoms with Gasteiger partial charge in [0, 0.05) is 33.3 Å². The molecule has 24 heavy (non-hydrogen) atoms. The van der Waals surface area contributed by atoms with E-state index in [-0.39, 0.29) is 24.5 Å². The quantitative estimate of drug-likeness (QED) is 0.736. The second-order valence-corrected chi connectivity index (χ2v) is 6.18. The third-order valence-corrected chi connectivity index (χ3v) is 4.42. The van der Waals surface area contributed by atoms with Gasteiger partial charge in [0.1, 0.15) is 0 Å². The number of carbonyl (C=O) groups excluding carboxylic acids is 1. The Morgan fingerprint density at radius 3 is 2.79 bits per heavy atom. The van der Waals surface area contributed by atoms with E-state index in [4.69, 9.17) is 15.2 Å². The van der Waals surface area contributed by atoms with Crippen LogP contribution in [0.4, 0.5) is 0 Å². The molecule has 1 heterocycles. The van der Waals surface area contributed by atoms with E-state index >= 15 is 0 Å². The third-order valence-electron chi connectivity index (χ3n) is 4.42. The first kappa shape index (κ1) is 18.9. The molecule has 1 amide bonds. The molecule has 0 saturated carbocycles. The molecule has 6 heteroatoms. The van der Waals surface area contributed by atoms with Crippen molar-refractivity contribution in [3.8, 4) is 0 Å². The van der Waals surface area contributed by atoms with Crippen LogP contribution in [0.15, 0.2) is 24.3 Å². The van der Waals surface area contributed by atoms with Gasteiger partial charge in [-0.25, -0.2) is 0 Å². The lowest BCUT2D eigenvalue weighted by Crippen LogP contribution is -2.44. The molecule has 0 spiro atoms. The molecule has 0 radical (unpaired) electrons. The summed E-state index contributed by atoms with van der Waals surface area (Å²) in [6, 6.07) is 8.61. The van der Waals surface area contributed by atoms with Crippen LogP contribution in [0, 0.1) is 6.92 Å². The number of nitrogens with zero attached hydrogens (tertiary/aromatic N) is 1. The molecule has 2 unspecified atom stereocenters. The van der Waals surface area contributed by atoms with Gasteiger partial charge in [0.05, 0.1) is 31.8 Å². The SMILES string of the molecule is COC(CN)CC(=O)NCC(c1cccc(C)c1)N1CCOCC1. The number of carbonyl (C=O) groups is 1. The summed E-state index contributed by atoms with van der Waals surface area (Å²) in [5.41, 5.74) is 8.03. The van der Waals surface area contributed by atoms with E-state index in [9.17, 15) is 4.79 Å². The largest absolute Gasteiger partial charge is 0.380 e. The van der Waals surface area contributed by atoms with Crippen molar-refractivity contribution in [2.24, 2.45) is 5.73 Å². The number of hydrogen-bond donors (Lipinski definition) is 2. The van der Waals surface area contributed by atoms with Gasteiger partial charge in [-0.2, -0.15) is 0 Å². The zero-order valence-electron chi connectivity index (χ0n) is 14.7. The number of methoxy groups -OCH3 is 1. The van der Waals surface area contributed by atoms with Crippen LogP contribution < -0.4 is 11.1 Å². The van der Waals surface area contributed by atoms with Crippen LogP contribution >= 0.6 is 0 Å². The monoisotopic (exact) mass is 335 g/mol. The van der Waals surface area contributed by atoms with E-state index in [1.165, 1.54) is 11.1 Å². The fourth-order valence-corrected chi connectivity index (χ4v) is 2.98. The van der Waals surface area contributed by atoms with Crippen LogP contribution in [0.2, 0.25) is 0 Å². The van der Waals surface area contributed by atoms with Crippen molar-refractivity contribution in [2.75, 3.05) is 46.5 Å². The number of ether oxygens (including phenoxy) is 2. The number of benzene rings is 1. The Morgan fingerprint density at radius 1 is 1.42 bits per heavy atom. The van der Waals surface area contributed by atoms with Gasteiger partial charge in [0.15, 0.2) is 0 Å². The summed E-state index contributed by atoms with van der Waals surface area (Å²) in [5.74, 6) is -0.0294. The Kier molecular flexibility index (Phi) is 7.65. The third kappa shape index (κ3) is 5.56. The maximum absolute atomic E-state index is 12.2. The van der Waals surface area contributed by atoms with Crippen molar-refractivity contribution in [3.05, 3.63) is 35.4 Å².